The summed E-state index contributed by atoms with van der Waals surface area (Å²) in [5, 5.41) is 5.04. The van der Waals surface area contributed by atoms with Gasteiger partial charge in [-0.25, -0.2) is 9.59 Å². The predicted molar refractivity (Wildman–Crippen MR) is 87.5 cm³/mol. The van der Waals surface area contributed by atoms with Gasteiger partial charge in [-0.1, -0.05) is 23.7 Å². The van der Waals surface area contributed by atoms with E-state index in [1.807, 2.05) is 0 Å². The first-order valence-electron chi connectivity index (χ1n) is 6.93. The van der Waals surface area contributed by atoms with E-state index in [0.717, 1.165) is 0 Å². The Kier molecular flexibility index (Phi) is 4.31. The molecule has 0 radical (unpaired) electrons. The minimum absolute atomic E-state index is 0.158. The maximum atomic E-state index is 12.0. The minimum atomic E-state index is -0.556. The average Bonchev–Trinajstić information content (AvgIpc) is 2.87. The second-order valence-corrected chi connectivity index (χ2v) is 5.37. The van der Waals surface area contributed by atoms with Crippen LogP contribution in [0.25, 0.3) is 6.08 Å². The third-order valence-corrected chi connectivity index (χ3v) is 3.45. The second-order valence-electron chi connectivity index (χ2n) is 4.93. The third-order valence-electron chi connectivity index (χ3n) is 3.20. The molecule has 1 heterocycles. The van der Waals surface area contributed by atoms with Gasteiger partial charge in [0.2, 0.25) is 0 Å². The summed E-state index contributed by atoms with van der Waals surface area (Å²) in [7, 11) is 0. The molecule has 0 spiro atoms. The van der Waals surface area contributed by atoms with Crippen LogP contribution in [0.5, 0.6) is 5.75 Å². The van der Waals surface area contributed by atoms with Gasteiger partial charge in [0.25, 0.3) is 5.91 Å². The number of imide groups is 1. The van der Waals surface area contributed by atoms with Crippen LogP contribution in [0.4, 0.5) is 4.79 Å². The van der Waals surface area contributed by atoms with Gasteiger partial charge >= 0.3 is 12.0 Å². The fourth-order valence-corrected chi connectivity index (χ4v) is 2.16. The fourth-order valence-electron chi connectivity index (χ4n) is 2.03. The van der Waals surface area contributed by atoms with Crippen LogP contribution in [-0.4, -0.2) is 17.9 Å². The molecule has 3 amide bonds. The molecule has 0 atom stereocenters. The molecule has 0 bridgehead atoms. The van der Waals surface area contributed by atoms with Gasteiger partial charge in [-0.15, -0.1) is 0 Å². The molecule has 0 aromatic heterocycles. The van der Waals surface area contributed by atoms with Gasteiger partial charge < -0.3 is 10.1 Å². The molecule has 1 aliphatic heterocycles. The molecule has 2 aromatic carbocycles. The third kappa shape index (κ3) is 3.61. The number of hydrogen-bond donors (Lipinski definition) is 2. The molecule has 0 saturated carbocycles. The van der Waals surface area contributed by atoms with Crippen LogP contribution < -0.4 is 15.4 Å². The van der Waals surface area contributed by atoms with Crippen molar-refractivity contribution in [2.24, 2.45) is 0 Å². The molecule has 7 heteroatoms. The molecule has 1 fully saturated rings. The van der Waals surface area contributed by atoms with E-state index in [-0.39, 0.29) is 5.70 Å². The topological polar surface area (TPSA) is 84.5 Å². The van der Waals surface area contributed by atoms with Crippen LogP contribution >= 0.6 is 11.6 Å². The Morgan fingerprint density at radius 1 is 0.958 bits per heavy atom. The zero-order valence-corrected chi connectivity index (χ0v) is 13.0. The Balaban J connectivity index is 1.69. The van der Waals surface area contributed by atoms with Crippen molar-refractivity contribution in [1.82, 2.24) is 10.6 Å². The summed E-state index contributed by atoms with van der Waals surface area (Å²) in [6.45, 7) is 0. The van der Waals surface area contributed by atoms with E-state index in [9.17, 15) is 14.4 Å². The highest BCUT2D eigenvalue weighted by Crippen LogP contribution is 2.17. The lowest BCUT2D eigenvalue weighted by molar-refractivity contribution is -0.115. The second kappa shape index (κ2) is 6.55. The van der Waals surface area contributed by atoms with Gasteiger partial charge in [0.1, 0.15) is 11.4 Å². The van der Waals surface area contributed by atoms with Crippen LogP contribution in [0.2, 0.25) is 5.02 Å². The summed E-state index contributed by atoms with van der Waals surface area (Å²) >= 11 is 5.77. The van der Waals surface area contributed by atoms with Crippen molar-refractivity contribution in [1.29, 1.82) is 0 Å². The molecule has 0 aliphatic carbocycles. The van der Waals surface area contributed by atoms with Crippen LogP contribution in [0.1, 0.15) is 15.9 Å². The van der Waals surface area contributed by atoms with Crippen molar-refractivity contribution in [2.75, 3.05) is 0 Å². The summed E-state index contributed by atoms with van der Waals surface area (Å²) < 4.78 is 5.25. The number of carbonyl (C=O) groups excluding carboxylic acids is 3. The summed E-state index contributed by atoms with van der Waals surface area (Å²) in [5.41, 5.74) is 1.22. The molecule has 1 saturated heterocycles. The number of ether oxygens (including phenoxy) is 1. The molecular weight excluding hydrogens is 332 g/mol. The highest BCUT2D eigenvalue weighted by atomic mass is 35.5. The monoisotopic (exact) mass is 342 g/mol. The Hall–Kier alpha value is -3.12. The van der Waals surface area contributed by atoms with Gasteiger partial charge in [0.05, 0.1) is 5.56 Å². The average molecular weight is 343 g/mol. The van der Waals surface area contributed by atoms with E-state index in [4.69, 9.17) is 16.3 Å². The molecule has 120 valence electrons. The van der Waals surface area contributed by atoms with E-state index in [2.05, 4.69) is 10.6 Å². The van der Waals surface area contributed by atoms with E-state index in [0.29, 0.717) is 21.9 Å². The number of halogens is 1. The summed E-state index contributed by atoms with van der Waals surface area (Å²) in [6, 6.07) is 12.3. The van der Waals surface area contributed by atoms with Gasteiger partial charge in [0, 0.05) is 5.02 Å². The number of hydrogen-bond acceptors (Lipinski definition) is 4. The summed E-state index contributed by atoms with van der Waals surface area (Å²) in [6.07, 6.45) is 1.52. The van der Waals surface area contributed by atoms with Crippen molar-refractivity contribution in [3.05, 3.63) is 70.4 Å². The SMILES string of the molecule is O=C1NC(=O)C(=Cc2ccc(OC(=O)c3ccc(Cl)cc3)cc2)N1. The number of carbonyl (C=O) groups is 3. The van der Waals surface area contributed by atoms with Gasteiger partial charge in [-0.05, 0) is 48.0 Å². The first-order valence-corrected chi connectivity index (χ1v) is 7.31. The fraction of sp³-hybridized carbons (Fsp3) is 0. The van der Waals surface area contributed by atoms with Gasteiger partial charge in [0.15, 0.2) is 0 Å². The quantitative estimate of drug-likeness (QED) is 0.389. The van der Waals surface area contributed by atoms with Crippen molar-refractivity contribution < 1.29 is 19.1 Å². The Morgan fingerprint density at radius 3 is 2.21 bits per heavy atom. The van der Waals surface area contributed by atoms with E-state index >= 15 is 0 Å². The normalized spacial score (nSPS) is 15.1. The van der Waals surface area contributed by atoms with Crippen LogP contribution in [0, 0.1) is 0 Å². The first-order chi connectivity index (χ1) is 11.5. The highest BCUT2D eigenvalue weighted by molar-refractivity contribution is 6.30. The smallest absolute Gasteiger partial charge is 0.343 e. The number of amides is 3. The van der Waals surface area contributed by atoms with Crippen molar-refractivity contribution in [3.63, 3.8) is 0 Å². The molecule has 2 N–H and O–H groups in total. The summed E-state index contributed by atoms with van der Waals surface area (Å²) in [5.74, 6) is -0.629. The lowest BCUT2D eigenvalue weighted by Gasteiger charge is -2.05. The van der Waals surface area contributed by atoms with Crippen molar-refractivity contribution in [3.8, 4) is 5.75 Å². The predicted octanol–water partition coefficient (Wildman–Crippen LogP) is 2.74. The lowest BCUT2D eigenvalue weighted by atomic mass is 10.2. The maximum absolute atomic E-state index is 12.0. The summed E-state index contributed by atoms with van der Waals surface area (Å²) in [4.78, 5) is 34.5. The highest BCUT2D eigenvalue weighted by Gasteiger charge is 2.22. The van der Waals surface area contributed by atoms with E-state index in [1.54, 1.807) is 48.5 Å². The number of urea groups is 1. The van der Waals surface area contributed by atoms with E-state index in [1.165, 1.54) is 6.08 Å². The zero-order chi connectivity index (χ0) is 17.1. The standard InChI is InChI=1S/C17H11ClN2O4/c18-12-5-3-11(4-6-12)16(22)24-13-7-1-10(2-8-13)9-14-15(21)20-17(23)19-14/h1-9H,(H2,19,20,21,23). The Labute approximate surface area is 142 Å². The molecule has 3 rings (SSSR count). The number of rotatable bonds is 3. The van der Waals surface area contributed by atoms with E-state index < -0.39 is 17.9 Å². The Morgan fingerprint density at radius 2 is 1.62 bits per heavy atom. The largest absolute Gasteiger partial charge is 0.423 e. The molecule has 6 nitrogen and oxygen atoms in total. The van der Waals surface area contributed by atoms with Crippen molar-refractivity contribution >= 4 is 35.6 Å². The first kappa shape index (κ1) is 15.8. The number of benzene rings is 2. The molecular formula is C17H11ClN2O4. The zero-order valence-electron chi connectivity index (χ0n) is 12.2. The van der Waals surface area contributed by atoms with Crippen LogP contribution in [0.3, 0.4) is 0 Å². The van der Waals surface area contributed by atoms with Crippen LogP contribution in [-0.2, 0) is 4.79 Å². The number of nitrogens with one attached hydrogen (secondary N) is 2. The van der Waals surface area contributed by atoms with Crippen LogP contribution in [0.15, 0.2) is 54.2 Å². The Bertz CT molecular complexity index is 842. The van der Waals surface area contributed by atoms with Gasteiger partial charge in [-0.3, -0.25) is 10.1 Å². The molecule has 2 aromatic rings. The molecule has 1 aliphatic rings. The number of esters is 1. The maximum Gasteiger partial charge on any atom is 0.343 e. The minimum Gasteiger partial charge on any atom is -0.423 e. The van der Waals surface area contributed by atoms with Gasteiger partial charge in [-0.2, -0.15) is 0 Å². The lowest BCUT2D eigenvalue weighted by Crippen LogP contribution is -2.22. The molecule has 24 heavy (non-hydrogen) atoms. The molecule has 0 unspecified atom stereocenters. The van der Waals surface area contributed by atoms with Crippen molar-refractivity contribution in [2.45, 2.75) is 0 Å².